The fourth-order valence-electron chi connectivity index (χ4n) is 4.02. The number of amides is 3. The summed E-state index contributed by atoms with van der Waals surface area (Å²) in [7, 11) is 2.97. The van der Waals surface area contributed by atoms with Crippen LogP contribution in [-0.2, 0) is 27.2 Å². The number of benzene rings is 1. The van der Waals surface area contributed by atoms with Crippen molar-refractivity contribution in [2.24, 2.45) is 17.4 Å². The van der Waals surface area contributed by atoms with Crippen molar-refractivity contribution >= 4 is 17.7 Å². The van der Waals surface area contributed by atoms with Crippen LogP contribution in [0.3, 0.4) is 0 Å². The topological polar surface area (TPSA) is 143 Å². The number of aromatic nitrogens is 1. The van der Waals surface area contributed by atoms with E-state index in [-0.39, 0.29) is 24.5 Å². The lowest BCUT2D eigenvalue weighted by Crippen LogP contribution is -2.58. The number of carbonyl (C=O) groups excluding carboxylic acids is 3. The van der Waals surface area contributed by atoms with Gasteiger partial charge in [-0.25, -0.2) is 4.98 Å². The zero-order valence-corrected chi connectivity index (χ0v) is 20.7. The number of phenols is 1. The number of hydrogen-bond donors (Lipinski definition) is 3. The Morgan fingerprint density at radius 3 is 2.17 bits per heavy atom. The highest BCUT2D eigenvalue weighted by Gasteiger charge is 2.37. The maximum Gasteiger partial charge on any atom is 0.246 e. The van der Waals surface area contributed by atoms with Gasteiger partial charge in [0.2, 0.25) is 23.7 Å². The smallest absolute Gasteiger partial charge is 0.246 e. The minimum Gasteiger partial charge on any atom is -0.508 e. The van der Waals surface area contributed by atoms with E-state index < -0.39 is 41.8 Å². The molecule has 0 spiro atoms. The molecule has 0 saturated heterocycles. The first kappa shape index (κ1) is 27.7. The molecule has 0 aliphatic carbocycles. The summed E-state index contributed by atoms with van der Waals surface area (Å²) in [6.07, 6.45) is 1.58. The summed E-state index contributed by atoms with van der Waals surface area (Å²) in [5.74, 6) is -2.41. The Kier molecular flexibility index (Phi) is 9.30. The number of hydrogen-bond acceptors (Lipinski definition) is 6. The molecule has 3 atom stereocenters. The molecule has 0 bridgehead atoms. The van der Waals surface area contributed by atoms with Gasteiger partial charge >= 0.3 is 0 Å². The number of aryl methyl sites for hydroxylation is 1. The molecule has 10 heteroatoms. The molecule has 0 saturated carbocycles. The second-order valence-corrected chi connectivity index (χ2v) is 9.13. The van der Waals surface area contributed by atoms with Crippen molar-refractivity contribution in [1.29, 1.82) is 0 Å². The molecule has 1 aromatic heterocycles. The van der Waals surface area contributed by atoms with Gasteiger partial charge in [-0.05, 0) is 48.1 Å². The zero-order valence-electron chi connectivity index (χ0n) is 20.7. The molecule has 0 aliphatic rings. The van der Waals surface area contributed by atoms with Crippen molar-refractivity contribution < 1.29 is 23.9 Å². The number of primary amides is 1. The molecule has 0 fully saturated rings. The summed E-state index contributed by atoms with van der Waals surface area (Å²) in [5.41, 5.74) is 13.7. The predicted octanol–water partition coefficient (Wildman–Crippen LogP) is 1.14. The molecular formula is C25H34FN5O4. The fraction of sp³-hybridized carbons (Fsp3) is 0.440. The van der Waals surface area contributed by atoms with E-state index >= 15 is 0 Å². The van der Waals surface area contributed by atoms with Crippen molar-refractivity contribution in [3.05, 3.63) is 59.2 Å². The lowest BCUT2D eigenvalue weighted by molar-refractivity contribution is -0.149. The van der Waals surface area contributed by atoms with Crippen LogP contribution in [0.2, 0.25) is 0 Å². The third kappa shape index (κ3) is 6.98. The van der Waals surface area contributed by atoms with E-state index in [4.69, 9.17) is 11.5 Å². The quantitative estimate of drug-likeness (QED) is 0.429. The third-order valence-electron chi connectivity index (χ3n) is 6.04. The second-order valence-electron chi connectivity index (χ2n) is 9.13. The molecule has 35 heavy (non-hydrogen) atoms. The van der Waals surface area contributed by atoms with E-state index in [2.05, 4.69) is 4.98 Å². The van der Waals surface area contributed by atoms with Crippen LogP contribution >= 0.6 is 0 Å². The summed E-state index contributed by atoms with van der Waals surface area (Å²) >= 11 is 0. The van der Waals surface area contributed by atoms with Gasteiger partial charge in [-0.2, -0.15) is 4.39 Å². The van der Waals surface area contributed by atoms with Crippen LogP contribution in [0.25, 0.3) is 0 Å². The summed E-state index contributed by atoms with van der Waals surface area (Å²) in [5, 5.41) is 9.76. The summed E-state index contributed by atoms with van der Waals surface area (Å²) in [6, 6.07) is 4.76. The van der Waals surface area contributed by atoms with Crippen LogP contribution in [0.4, 0.5) is 4.39 Å². The Morgan fingerprint density at radius 1 is 1.03 bits per heavy atom. The van der Waals surface area contributed by atoms with E-state index in [1.165, 1.54) is 48.3 Å². The lowest BCUT2D eigenvalue weighted by Gasteiger charge is -2.36. The zero-order chi connectivity index (χ0) is 26.4. The summed E-state index contributed by atoms with van der Waals surface area (Å²) < 4.78 is 13.1. The Hall–Kier alpha value is -3.53. The Morgan fingerprint density at radius 2 is 1.66 bits per heavy atom. The molecule has 5 N–H and O–H groups in total. The largest absolute Gasteiger partial charge is 0.508 e. The van der Waals surface area contributed by atoms with E-state index in [0.717, 1.165) is 5.56 Å². The average Bonchev–Trinajstić information content (AvgIpc) is 2.79. The number of pyridine rings is 1. The highest BCUT2D eigenvalue weighted by atomic mass is 19.1. The lowest BCUT2D eigenvalue weighted by atomic mass is 9.97. The second kappa shape index (κ2) is 11.7. The van der Waals surface area contributed by atoms with Crippen LogP contribution in [0.15, 0.2) is 36.5 Å². The van der Waals surface area contributed by atoms with E-state index in [0.29, 0.717) is 11.1 Å². The molecule has 0 radical (unpaired) electrons. The minimum atomic E-state index is -0.974. The first-order chi connectivity index (χ1) is 16.3. The normalized spacial score (nSPS) is 13.7. The van der Waals surface area contributed by atoms with E-state index in [1.807, 2.05) is 0 Å². The third-order valence-corrected chi connectivity index (χ3v) is 6.04. The molecule has 190 valence electrons. The number of likely N-dealkylation sites (N-methyl/N-ethyl adjacent to an activating group) is 2. The van der Waals surface area contributed by atoms with Gasteiger partial charge in [0, 0.05) is 26.7 Å². The molecule has 2 unspecified atom stereocenters. The molecular weight excluding hydrogens is 453 g/mol. The van der Waals surface area contributed by atoms with Crippen LogP contribution in [-0.4, -0.2) is 69.8 Å². The van der Waals surface area contributed by atoms with Gasteiger partial charge in [-0.3, -0.25) is 14.4 Å². The Bertz CT molecular complexity index is 1060. The van der Waals surface area contributed by atoms with Crippen molar-refractivity contribution in [2.45, 2.75) is 51.7 Å². The molecule has 3 amide bonds. The number of nitrogens with two attached hydrogens (primary N) is 2. The highest BCUT2D eigenvalue weighted by molar-refractivity contribution is 5.92. The van der Waals surface area contributed by atoms with Crippen LogP contribution < -0.4 is 11.5 Å². The first-order valence-electron chi connectivity index (χ1n) is 11.3. The highest BCUT2D eigenvalue weighted by Crippen LogP contribution is 2.21. The van der Waals surface area contributed by atoms with Crippen molar-refractivity contribution in [2.75, 3.05) is 14.1 Å². The van der Waals surface area contributed by atoms with Gasteiger partial charge in [0.1, 0.15) is 17.8 Å². The standard InChI is InChI=1S/C25H34FN5O4/c1-14(2)22(31(5)24(34)18(27)11-17-7-9-21(26)29-13-17)25(35)30(4)19(23(28)33)12-16-6-8-20(32)15(3)10-16/h6-10,13-14,18-19,22,32H,11-12,27H2,1-5H3,(H2,28,33)/t18?,19?,22-/m0/s1. The van der Waals surface area contributed by atoms with E-state index in [1.54, 1.807) is 32.9 Å². The molecule has 9 nitrogen and oxygen atoms in total. The average molecular weight is 488 g/mol. The fourth-order valence-corrected chi connectivity index (χ4v) is 4.02. The number of aromatic hydroxyl groups is 1. The molecule has 1 aromatic carbocycles. The van der Waals surface area contributed by atoms with Crippen LogP contribution in [0.1, 0.15) is 30.5 Å². The van der Waals surface area contributed by atoms with Crippen molar-refractivity contribution in [1.82, 2.24) is 14.8 Å². The van der Waals surface area contributed by atoms with Gasteiger partial charge in [0.15, 0.2) is 0 Å². The number of nitrogens with zero attached hydrogens (tertiary/aromatic N) is 3. The van der Waals surface area contributed by atoms with Crippen LogP contribution in [0, 0.1) is 18.8 Å². The van der Waals surface area contributed by atoms with Gasteiger partial charge in [0.25, 0.3) is 0 Å². The van der Waals surface area contributed by atoms with Gasteiger partial charge in [0.05, 0.1) is 6.04 Å². The maximum absolute atomic E-state index is 13.5. The van der Waals surface area contributed by atoms with Gasteiger partial charge in [-0.15, -0.1) is 0 Å². The molecule has 0 aliphatic heterocycles. The molecule has 2 aromatic rings. The Balaban J connectivity index is 2.21. The summed E-state index contributed by atoms with van der Waals surface area (Å²) in [6.45, 7) is 5.31. The first-order valence-corrected chi connectivity index (χ1v) is 11.3. The molecule has 1 heterocycles. The maximum atomic E-state index is 13.5. The van der Waals surface area contributed by atoms with Gasteiger partial charge in [-0.1, -0.05) is 32.0 Å². The SMILES string of the molecule is Cc1cc(CC(C(N)=O)N(C)C(=O)[C@H](C(C)C)N(C)C(=O)C(N)Cc2ccc(F)nc2)ccc1O. The van der Waals surface area contributed by atoms with E-state index in [9.17, 15) is 23.9 Å². The minimum absolute atomic E-state index is 0.120. The monoisotopic (exact) mass is 487 g/mol. The van der Waals surface area contributed by atoms with Gasteiger partial charge < -0.3 is 26.4 Å². The number of rotatable bonds is 10. The predicted molar refractivity (Wildman–Crippen MR) is 130 cm³/mol. The number of carbonyl (C=O) groups is 3. The Labute approximate surface area is 204 Å². The van der Waals surface area contributed by atoms with Crippen molar-refractivity contribution in [3.63, 3.8) is 0 Å². The summed E-state index contributed by atoms with van der Waals surface area (Å²) in [4.78, 5) is 45.0. The van der Waals surface area contributed by atoms with Crippen molar-refractivity contribution in [3.8, 4) is 5.75 Å². The van der Waals surface area contributed by atoms with Crippen LogP contribution in [0.5, 0.6) is 5.75 Å². The molecule has 2 rings (SSSR count). The number of halogens is 1. The number of phenolic OH excluding ortho intramolecular Hbond substituents is 1.